The Morgan fingerprint density at radius 1 is 1.00 bits per heavy atom. The highest BCUT2D eigenvalue weighted by Gasteiger charge is 2.17. The first kappa shape index (κ1) is 12.7. The second-order valence-electron chi connectivity index (χ2n) is 4.81. The number of halogens is 1. The van der Waals surface area contributed by atoms with Gasteiger partial charge in [-0.15, -0.1) is 11.3 Å². The summed E-state index contributed by atoms with van der Waals surface area (Å²) in [7, 11) is 0. The molecular formula is C17H11ClN2S. The summed E-state index contributed by atoms with van der Waals surface area (Å²) in [5.41, 5.74) is 3.16. The summed E-state index contributed by atoms with van der Waals surface area (Å²) in [5, 5.41) is 1.39. The minimum atomic E-state index is 0.297. The highest BCUT2D eigenvalue weighted by molar-refractivity contribution is 7.19. The zero-order valence-electron chi connectivity index (χ0n) is 11.1. The summed E-state index contributed by atoms with van der Waals surface area (Å²) in [6.07, 6.45) is 9.60. The van der Waals surface area contributed by atoms with Crippen molar-refractivity contribution >= 4 is 45.3 Å². The first-order valence-electron chi connectivity index (χ1n) is 6.71. The number of rotatable bonds is 1. The van der Waals surface area contributed by atoms with Gasteiger partial charge in [-0.3, -0.25) is 0 Å². The van der Waals surface area contributed by atoms with Gasteiger partial charge in [0.05, 0.1) is 5.69 Å². The minimum absolute atomic E-state index is 0.297. The molecule has 4 rings (SSSR count). The Bertz CT molecular complexity index is 879. The van der Waals surface area contributed by atoms with Gasteiger partial charge in [0.25, 0.3) is 0 Å². The van der Waals surface area contributed by atoms with Crippen molar-refractivity contribution < 1.29 is 0 Å². The molecule has 2 heterocycles. The molecule has 0 atom stereocenters. The van der Waals surface area contributed by atoms with E-state index in [2.05, 4.69) is 46.4 Å². The molecule has 21 heavy (non-hydrogen) atoms. The zero-order chi connectivity index (χ0) is 14.2. The lowest BCUT2D eigenvalue weighted by atomic mass is 10.0. The van der Waals surface area contributed by atoms with Gasteiger partial charge in [0, 0.05) is 21.4 Å². The Morgan fingerprint density at radius 3 is 2.67 bits per heavy atom. The molecule has 0 spiro atoms. The van der Waals surface area contributed by atoms with Crippen molar-refractivity contribution in [3.05, 3.63) is 58.2 Å². The van der Waals surface area contributed by atoms with Gasteiger partial charge in [0.15, 0.2) is 0 Å². The van der Waals surface area contributed by atoms with E-state index in [1.54, 1.807) is 11.3 Å². The minimum Gasteiger partial charge on any atom is -0.217 e. The second-order valence-corrected chi connectivity index (χ2v) is 6.18. The number of benzene rings is 1. The van der Waals surface area contributed by atoms with Crippen LogP contribution in [0.15, 0.2) is 42.5 Å². The van der Waals surface area contributed by atoms with Crippen LogP contribution < -0.4 is 0 Å². The molecule has 0 N–H and O–H groups in total. The normalized spacial score (nSPS) is 13.4. The Morgan fingerprint density at radius 2 is 1.81 bits per heavy atom. The topological polar surface area (TPSA) is 25.8 Å². The fourth-order valence-electron chi connectivity index (χ4n) is 2.55. The van der Waals surface area contributed by atoms with E-state index in [0.717, 1.165) is 27.9 Å². The summed E-state index contributed by atoms with van der Waals surface area (Å²) in [4.78, 5) is 11.0. The molecule has 0 amide bonds. The number of fused-ring (bicyclic) bond motifs is 3. The van der Waals surface area contributed by atoms with Crippen molar-refractivity contribution in [1.82, 2.24) is 9.97 Å². The standard InChI is InChI=1S/C17H11ClN2S/c18-17-19-15(11-7-3-1-4-8-11)14-12-9-5-2-6-10-13(12)21-16(14)20-17/h1,3-10H,2H2. The molecule has 102 valence electrons. The van der Waals surface area contributed by atoms with Crippen LogP contribution in [0, 0.1) is 0 Å². The van der Waals surface area contributed by atoms with E-state index in [-0.39, 0.29) is 0 Å². The molecule has 2 nitrogen and oxygen atoms in total. The fourth-order valence-corrected chi connectivity index (χ4v) is 3.86. The Kier molecular flexibility index (Phi) is 3.09. The average Bonchev–Trinajstić information content (AvgIpc) is 2.68. The van der Waals surface area contributed by atoms with Crippen LogP contribution in [0.1, 0.15) is 16.9 Å². The van der Waals surface area contributed by atoms with Gasteiger partial charge in [-0.2, -0.15) is 0 Å². The highest BCUT2D eigenvalue weighted by atomic mass is 35.5. The van der Waals surface area contributed by atoms with Gasteiger partial charge >= 0.3 is 0 Å². The van der Waals surface area contributed by atoms with Gasteiger partial charge in [0.1, 0.15) is 4.83 Å². The van der Waals surface area contributed by atoms with Gasteiger partial charge < -0.3 is 0 Å². The molecule has 4 heteroatoms. The molecule has 1 aliphatic rings. The molecule has 0 saturated heterocycles. The van der Waals surface area contributed by atoms with Crippen molar-refractivity contribution in [1.29, 1.82) is 0 Å². The zero-order valence-corrected chi connectivity index (χ0v) is 12.7. The lowest BCUT2D eigenvalue weighted by Gasteiger charge is -2.04. The average molecular weight is 311 g/mol. The molecule has 0 fully saturated rings. The van der Waals surface area contributed by atoms with Gasteiger partial charge in [-0.1, -0.05) is 48.6 Å². The molecule has 0 bridgehead atoms. The van der Waals surface area contributed by atoms with Crippen LogP contribution in [0.25, 0.3) is 33.6 Å². The van der Waals surface area contributed by atoms with Crippen LogP contribution >= 0.6 is 22.9 Å². The molecule has 0 saturated carbocycles. The maximum absolute atomic E-state index is 6.12. The Hall–Kier alpha value is -1.97. The molecule has 3 aromatic rings. The summed E-state index contributed by atoms with van der Waals surface area (Å²) >= 11 is 7.78. The van der Waals surface area contributed by atoms with Crippen LogP contribution in [-0.2, 0) is 0 Å². The van der Waals surface area contributed by atoms with E-state index in [9.17, 15) is 0 Å². The van der Waals surface area contributed by atoms with Crippen LogP contribution in [0.4, 0.5) is 0 Å². The smallest absolute Gasteiger partial charge is 0.217 e. The van der Waals surface area contributed by atoms with Crippen LogP contribution in [-0.4, -0.2) is 9.97 Å². The number of aromatic nitrogens is 2. The molecule has 0 unspecified atom stereocenters. The first-order valence-corrected chi connectivity index (χ1v) is 7.91. The molecule has 2 aromatic heterocycles. The second kappa shape index (κ2) is 5.10. The Labute approximate surface area is 131 Å². The summed E-state index contributed by atoms with van der Waals surface area (Å²) in [5.74, 6) is 0. The van der Waals surface area contributed by atoms with E-state index in [1.165, 1.54) is 10.4 Å². The van der Waals surface area contributed by atoms with Crippen LogP contribution in [0.2, 0.25) is 5.28 Å². The summed E-state index contributed by atoms with van der Waals surface area (Å²) in [6, 6.07) is 10.1. The predicted molar refractivity (Wildman–Crippen MR) is 90.5 cm³/mol. The van der Waals surface area contributed by atoms with E-state index in [1.807, 2.05) is 18.2 Å². The molecule has 1 aliphatic carbocycles. The number of nitrogens with zero attached hydrogens (tertiary/aromatic N) is 2. The largest absolute Gasteiger partial charge is 0.224 e. The molecular weight excluding hydrogens is 300 g/mol. The maximum atomic E-state index is 6.12. The number of allylic oxidation sites excluding steroid dienone is 2. The van der Waals surface area contributed by atoms with Crippen LogP contribution in [0.5, 0.6) is 0 Å². The first-order chi connectivity index (χ1) is 10.3. The number of hydrogen-bond donors (Lipinski definition) is 0. The summed E-state index contributed by atoms with van der Waals surface area (Å²) in [6.45, 7) is 0. The van der Waals surface area contributed by atoms with Gasteiger partial charge in [-0.25, -0.2) is 9.97 Å². The van der Waals surface area contributed by atoms with Crippen molar-refractivity contribution in [2.24, 2.45) is 0 Å². The molecule has 0 aliphatic heterocycles. The van der Waals surface area contributed by atoms with Gasteiger partial charge in [-0.05, 0) is 24.1 Å². The van der Waals surface area contributed by atoms with E-state index < -0.39 is 0 Å². The number of thiophene rings is 1. The third-order valence-electron chi connectivity index (χ3n) is 3.46. The third kappa shape index (κ3) is 2.19. The molecule has 1 aromatic carbocycles. The van der Waals surface area contributed by atoms with Crippen LogP contribution in [0.3, 0.4) is 0 Å². The quantitative estimate of drug-likeness (QED) is 0.559. The van der Waals surface area contributed by atoms with E-state index >= 15 is 0 Å². The Balaban J connectivity index is 2.11. The van der Waals surface area contributed by atoms with Crippen molar-refractivity contribution in [2.75, 3.05) is 0 Å². The van der Waals surface area contributed by atoms with E-state index in [0.29, 0.717) is 5.28 Å². The predicted octanol–water partition coefficient (Wildman–Crippen LogP) is 5.44. The lowest BCUT2D eigenvalue weighted by Crippen LogP contribution is -1.89. The fraction of sp³-hybridized carbons (Fsp3) is 0.0588. The lowest BCUT2D eigenvalue weighted by molar-refractivity contribution is 1.24. The van der Waals surface area contributed by atoms with Crippen molar-refractivity contribution in [2.45, 2.75) is 6.42 Å². The van der Waals surface area contributed by atoms with E-state index in [4.69, 9.17) is 11.6 Å². The highest BCUT2D eigenvalue weighted by Crippen LogP contribution is 2.39. The van der Waals surface area contributed by atoms with Crippen molar-refractivity contribution in [3.63, 3.8) is 0 Å². The summed E-state index contributed by atoms with van der Waals surface area (Å²) < 4.78 is 0. The van der Waals surface area contributed by atoms with Crippen molar-refractivity contribution in [3.8, 4) is 11.3 Å². The monoisotopic (exact) mass is 310 g/mol. The number of hydrogen-bond acceptors (Lipinski definition) is 3. The maximum Gasteiger partial charge on any atom is 0.224 e. The molecule has 0 radical (unpaired) electrons. The van der Waals surface area contributed by atoms with Gasteiger partial charge in [0.2, 0.25) is 5.28 Å². The SMILES string of the molecule is Clc1nc(-c2ccccc2)c2c3c(sc2n1)C=CCC=C3. The third-order valence-corrected chi connectivity index (χ3v) is 4.70.